The number of imide groups is 1. The van der Waals surface area contributed by atoms with Gasteiger partial charge in [0.15, 0.2) is 0 Å². The largest absolute Gasteiger partial charge is 0.286 e. The van der Waals surface area contributed by atoms with Gasteiger partial charge < -0.3 is 0 Å². The van der Waals surface area contributed by atoms with Crippen molar-refractivity contribution in [1.82, 2.24) is 5.06 Å². The lowest BCUT2D eigenvalue weighted by Crippen LogP contribution is -2.29. The van der Waals surface area contributed by atoms with E-state index in [1.807, 2.05) is 12.2 Å². The SMILES string of the molecule is CS(=O)(=O)O.O=C1C2C3C=CC(C3)C2C(=O)N1O. The van der Waals surface area contributed by atoms with Crippen LogP contribution in [0.3, 0.4) is 0 Å². The van der Waals surface area contributed by atoms with Crippen LogP contribution in [-0.4, -0.2) is 41.3 Å². The Balaban J connectivity index is 0.000000209. The fourth-order valence-corrected chi connectivity index (χ4v) is 2.89. The zero-order chi connectivity index (χ0) is 13.7. The van der Waals surface area contributed by atoms with E-state index in [4.69, 9.17) is 9.76 Å². The fraction of sp³-hybridized carbons (Fsp3) is 0.600. The van der Waals surface area contributed by atoms with Gasteiger partial charge in [-0.3, -0.25) is 19.3 Å². The average molecular weight is 275 g/mol. The van der Waals surface area contributed by atoms with Gasteiger partial charge in [-0.2, -0.15) is 13.5 Å². The number of hydrogen-bond donors (Lipinski definition) is 2. The summed E-state index contributed by atoms with van der Waals surface area (Å²) < 4.78 is 25.9. The summed E-state index contributed by atoms with van der Waals surface area (Å²) in [7, 11) is -3.67. The van der Waals surface area contributed by atoms with Crippen molar-refractivity contribution in [2.75, 3.05) is 6.26 Å². The van der Waals surface area contributed by atoms with Gasteiger partial charge in [0.25, 0.3) is 21.9 Å². The van der Waals surface area contributed by atoms with Gasteiger partial charge in [0, 0.05) is 0 Å². The highest BCUT2D eigenvalue weighted by molar-refractivity contribution is 7.85. The third kappa shape index (κ3) is 2.18. The van der Waals surface area contributed by atoms with Crippen LogP contribution < -0.4 is 0 Å². The van der Waals surface area contributed by atoms with Crippen LogP contribution in [0.2, 0.25) is 0 Å². The highest BCUT2D eigenvalue weighted by atomic mass is 32.2. The van der Waals surface area contributed by atoms with E-state index in [9.17, 15) is 18.0 Å². The maximum atomic E-state index is 11.4. The monoisotopic (exact) mass is 275 g/mol. The minimum atomic E-state index is -3.67. The van der Waals surface area contributed by atoms with Crippen molar-refractivity contribution < 1.29 is 27.8 Å². The molecule has 8 heteroatoms. The number of carbonyl (C=O) groups is 2. The molecule has 0 aromatic carbocycles. The van der Waals surface area contributed by atoms with Crippen LogP contribution in [0.1, 0.15) is 6.42 Å². The van der Waals surface area contributed by atoms with Gasteiger partial charge in [-0.05, 0) is 18.3 Å². The molecule has 4 atom stereocenters. The number of hydroxylamine groups is 2. The summed E-state index contributed by atoms with van der Waals surface area (Å²) in [6.07, 6.45) is 5.61. The summed E-state index contributed by atoms with van der Waals surface area (Å²) in [4.78, 5) is 22.8. The van der Waals surface area contributed by atoms with E-state index in [0.29, 0.717) is 11.3 Å². The first kappa shape index (κ1) is 13.2. The molecular formula is C10H13NO6S. The van der Waals surface area contributed by atoms with Crippen molar-refractivity contribution >= 4 is 21.9 Å². The minimum Gasteiger partial charge on any atom is -0.286 e. The Kier molecular flexibility index (Phi) is 3.04. The van der Waals surface area contributed by atoms with Gasteiger partial charge in [-0.15, -0.1) is 0 Å². The Morgan fingerprint density at radius 2 is 1.50 bits per heavy atom. The Labute approximate surface area is 104 Å². The predicted octanol–water partition coefficient (Wildman–Crippen LogP) is -0.313. The van der Waals surface area contributed by atoms with Gasteiger partial charge >= 0.3 is 0 Å². The molecule has 7 nitrogen and oxygen atoms in total. The first-order valence-corrected chi connectivity index (χ1v) is 7.22. The van der Waals surface area contributed by atoms with E-state index in [0.717, 1.165) is 6.42 Å². The lowest BCUT2D eigenvalue weighted by atomic mass is 9.85. The van der Waals surface area contributed by atoms with E-state index in [1.54, 1.807) is 0 Å². The summed E-state index contributed by atoms with van der Waals surface area (Å²) in [6, 6.07) is 0. The molecule has 3 aliphatic rings. The van der Waals surface area contributed by atoms with Crippen LogP contribution in [0.5, 0.6) is 0 Å². The molecule has 18 heavy (non-hydrogen) atoms. The van der Waals surface area contributed by atoms with Gasteiger partial charge in [0.05, 0.1) is 18.1 Å². The highest BCUT2D eigenvalue weighted by Gasteiger charge is 2.59. The summed E-state index contributed by atoms with van der Waals surface area (Å²) in [5.41, 5.74) is 0. The first-order chi connectivity index (χ1) is 8.20. The molecule has 2 bridgehead atoms. The first-order valence-electron chi connectivity index (χ1n) is 5.37. The van der Waals surface area contributed by atoms with Crippen LogP contribution in [0.4, 0.5) is 0 Å². The van der Waals surface area contributed by atoms with Crippen LogP contribution in [-0.2, 0) is 19.7 Å². The number of amides is 2. The van der Waals surface area contributed by atoms with Crippen molar-refractivity contribution in [3.8, 4) is 0 Å². The summed E-state index contributed by atoms with van der Waals surface area (Å²) in [6.45, 7) is 0. The molecule has 100 valence electrons. The number of rotatable bonds is 0. The topological polar surface area (TPSA) is 112 Å². The molecule has 2 amide bonds. The lowest BCUT2D eigenvalue weighted by molar-refractivity contribution is -0.173. The highest BCUT2D eigenvalue weighted by Crippen LogP contribution is 2.51. The molecule has 1 saturated heterocycles. The van der Waals surface area contributed by atoms with E-state index in [1.165, 1.54) is 0 Å². The van der Waals surface area contributed by atoms with E-state index in [-0.39, 0.29) is 23.7 Å². The van der Waals surface area contributed by atoms with Gasteiger partial charge in [0.2, 0.25) is 0 Å². The second-order valence-electron chi connectivity index (χ2n) is 4.72. The van der Waals surface area contributed by atoms with Crippen LogP contribution in [0.25, 0.3) is 0 Å². The molecule has 1 heterocycles. The van der Waals surface area contributed by atoms with E-state index >= 15 is 0 Å². The standard InChI is InChI=1S/C9H9NO3.CH4O3S/c11-8-6-4-1-2-5(3-4)7(6)9(12)10(8)13;1-5(2,3)4/h1-2,4-7,13H,3H2;1H3,(H,2,3,4). The Bertz CT molecular complexity index is 486. The number of allylic oxidation sites excluding steroid dienone is 2. The van der Waals surface area contributed by atoms with Crippen molar-refractivity contribution in [3.63, 3.8) is 0 Å². The molecule has 0 spiro atoms. The maximum absolute atomic E-state index is 11.4. The lowest BCUT2D eigenvalue weighted by Gasteiger charge is -2.13. The zero-order valence-electron chi connectivity index (χ0n) is 9.55. The quantitative estimate of drug-likeness (QED) is 0.271. The van der Waals surface area contributed by atoms with Crippen LogP contribution >= 0.6 is 0 Å². The van der Waals surface area contributed by atoms with Gasteiger partial charge in [-0.1, -0.05) is 12.2 Å². The Morgan fingerprint density at radius 1 is 1.17 bits per heavy atom. The Morgan fingerprint density at radius 3 is 1.83 bits per heavy atom. The molecule has 0 aromatic rings. The average Bonchev–Trinajstić information content (AvgIpc) is 2.87. The molecule has 2 fully saturated rings. The normalized spacial score (nSPS) is 36.7. The second-order valence-corrected chi connectivity index (χ2v) is 6.19. The molecule has 1 aliphatic heterocycles. The van der Waals surface area contributed by atoms with Crippen molar-refractivity contribution in [1.29, 1.82) is 0 Å². The number of carbonyl (C=O) groups excluding carboxylic acids is 2. The van der Waals surface area contributed by atoms with Gasteiger partial charge in [-0.25, -0.2) is 0 Å². The maximum Gasteiger partial charge on any atom is 0.261 e. The summed E-state index contributed by atoms with van der Waals surface area (Å²) in [5.74, 6) is -0.995. The molecular weight excluding hydrogens is 262 g/mol. The van der Waals surface area contributed by atoms with Crippen molar-refractivity contribution in [2.45, 2.75) is 6.42 Å². The predicted molar refractivity (Wildman–Crippen MR) is 58.8 cm³/mol. The molecule has 3 rings (SSSR count). The second kappa shape index (κ2) is 4.15. The molecule has 0 radical (unpaired) electrons. The zero-order valence-corrected chi connectivity index (χ0v) is 10.4. The smallest absolute Gasteiger partial charge is 0.261 e. The summed E-state index contributed by atoms with van der Waals surface area (Å²) in [5, 5.41) is 9.45. The molecule has 2 N–H and O–H groups in total. The molecule has 1 saturated carbocycles. The molecule has 0 aromatic heterocycles. The van der Waals surface area contributed by atoms with Crippen molar-refractivity contribution in [2.24, 2.45) is 23.7 Å². The Hall–Kier alpha value is -1.25. The van der Waals surface area contributed by atoms with Crippen LogP contribution in [0, 0.1) is 23.7 Å². The van der Waals surface area contributed by atoms with Crippen LogP contribution in [0.15, 0.2) is 12.2 Å². The summed E-state index contributed by atoms with van der Waals surface area (Å²) >= 11 is 0. The fourth-order valence-electron chi connectivity index (χ4n) is 2.89. The number of nitrogens with zero attached hydrogens (tertiary/aromatic N) is 1. The third-order valence-corrected chi connectivity index (χ3v) is 3.45. The number of fused-ring (bicyclic) bond motifs is 5. The molecule has 4 unspecified atom stereocenters. The number of hydrogen-bond acceptors (Lipinski definition) is 5. The van der Waals surface area contributed by atoms with E-state index < -0.39 is 21.9 Å². The van der Waals surface area contributed by atoms with Crippen molar-refractivity contribution in [3.05, 3.63) is 12.2 Å². The molecule has 2 aliphatic carbocycles. The minimum absolute atomic E-state index is 0.184. The van der Waals surface area contributed by atoms with E-state index in [2.05, 4.69) is 0 Å². The third-order valence-electron chi connectivity index (χ3n) is 3.45. The van der Waals surface area contributed by atoms with Gasteiger partial charge in [0.1, 0.15) is 0 Å².